The Morgan fingerprint density at radius 3 is 2.73 bits per heavy atom. The molecule has 0 aliphatic carbocycles. The summed E-state index contributed by atoms with van der Waals surface area (Å²) in [5, 5.41) is 10.2. The van der Waals surface area contributed by atoms with E-state index in [9.17, 15) is 18.0 Å². The van der Waals surface area contributed by atoms with E-state index in [1.807, 2.05) is 0 Å². The number of fused-ring (bicyclic) bond motifs is 2. The standard InChI is InChI=1S/C23H16F3N3O4/c24-23(25,26)17-4-2-1-3-14(17)11-31-15-6-7-18-16(10-15)21(29-28-18)27-22(30)13-5-8-19-20(9-13)33-12-32-19/h1-10H,11-12H2,(H2,27,28,29,30). The number of anilines is 1. The molecule has 168 valence electrons. The molecule has 0 spiro atoms. The van der Waals surface area contributed by atoms with Gasteiger partial charge in [-0.3, -0.25) is 9.89 Å². The average Bonchev–Trinajstić information content (AvgIpc) is 3.43. The average molecular weight is 455 g/mol. The molecule has 1 aliphatic heterocycles. The van der Waals surface area contributed by atoms with Gasteiger partial charge in [0.05, 0.1) is 11.1 Å². The van der Waals surface area contributed by atoms with E-state index in [2.05, 4.69) is 15.5 Å². The summed E-state index contributed by atoms with van der Waals surface area (Å²) in [7, 11) is 0. The van der Waals surface area contributed by atoms with Crippen LogP contribution in [0.25, 0.3) is 10.9 Å². The fourth-order valence-corrected chi connectivity index (χ4v) is 3.48. The molecule has 1 amide bonds. The first kappa shape index (κ1) is 20.7. The Kier molecular flexibility index (Phi) is 5.04. The number of halogens is 3. The second-order valence-electron chi connectivity index (χ2n) is 7.25. The quantitative estimate of drug-likeness (QED) is 0.435. The maximum Gasteiger partial charge on any atom is 0.416 e. The molecule has 3 aromatic carbocycles. The van der Waals surface area contributed by atoms with Crippen molar-refractivity contribution in [1.82, 2.24) is 10.2 Å². The number of carbonyl (C=O) groups is 1. The van der Waals surface area contributed by atoms with E-state index in [0.29, 0.717) is 33.7 Å². The minimum absolute atomic E-state index is 0.0219. The number of ether oxygens (including phenoxy) is 3. The molecule has 4 aromatic rings. The van der Waals surface area contributed by atoms with Crippen LogP contribution in [-0.2, 0) is 12.8 Å². The highest BCUT2D eigenvalue weighted by molar-refractivity contribution is 6.08. The van der Waals surface area contributed by atoms with Gasteiger partial charge in [0.15, 0.2) is 17.3 Å². The van der Waals surface area contributed by atoms with Gasteiger partial charge in [0, 0.05) is 16.5 Å². The normalized spacial score (nSPS) is 12.7. The van der Waals surface area contributed by atoms with Crippen molar-refractivity contribution in [3.05, 3.63) is 77.4 Å². The second-order valence-corrected chi connectivity index (χ2v) is 7.25. The Labute approximate surface area is 185 Å². The number of H-pyrrole nitrogens is 1. The van der Waals surface area contributed by atoms with Crippen molar-refractivity contribution in [2.24, 2.45) is 0 Å². The predicted molar refractivity (Wildman–Crippen MR) is 112 cm³/mol. The molecule has 1 aromatic heterocycles. The van der Waals surface area contributed by atoms with Gasteiger partial charge < -0.3 is 19.5 Å². The van der Waals surface area contributed by atoms with Crippen LogP contribution >= 0.6 is 0 Å². The number of nitrogens with one attached hydrogen (secondary N) is 2. The molecule has 5 rings (SSSR count). The Bertz CT molecular complexity index is 1350. The molecular weight excluding hydrogens is 439 g/mol. The minimum Gasteiger partial charge on any atom is -0.489 e. The summed E-state index contributed by atoms with van der Waals surface area (Å²) in [5.74, 6) is 1.22. The van der Waals surface area contributed by atoms with Crippen LogP contribution in [0.3, 0.4) is 0 Å². The summed E-state index contributed by atoms with van der Waals surface area (Å²) in [6, 6.07) is 14.9. The van der Waals surface area contributed by atoms with E-state index in [4.69, 9.17) is 14.2 Å². The number of carbonyl (C=O) groups excluding carboxylic acids is 1. The fourth-order valence-electron chi connectivity index (χ4n) is 3.48. The molecule has 2 N–H and O–H groups in total. The van der Waals surface area contributed by atoms with Crippen LogP contribution in [-0.4, -0.2) is 22.9 Å². The molecule has 2 heterocycles. The summed E-state index contributed by atoms with van der Waals surface area (Å²) in [5.41, 5.74) is 0.255. The highest BCUT2D eigenvalue weighted by atomic mass is 19.4. The molecule has 10 heteroatoms. The number of rotatable bonds is 5. The molecular formula is C23H16F3N3O4. The van der Waals surface area contributed by atoms with Gasteiger partial charge >= 0.3 is 6.18 Å². The van der Waals surface area contributed by atoms with Crippen LogP contribution in [0.15, 0.2) is 60.7 Å². The number of amides is 1. The first-order valence-corrected chi connectivity index (χ1v) is 9.85. The first-order chi connectivity index (χ1) is 15.9. The van der Waals surface area contributed by atoms with Crippen LogP contribution < -0.4 is 19.5 Å². The van der Waals surface area contributed by atoms with Crippen molar-refractivity contribution in [3.8, 4) is 17.2 Å². The van der Waals surface area contributed by atoms with Gasteiger partial charge in [0.25, 0.3) is 5.91 Å². The van der Waals surface area contributed by atoms with Crippen LogP contribution in [0.2, 0.25) is 0 Å². The molecule has 0 fully saturated rings. The fraction of sp³-hybridized carbons (Fsp3) is 0.130. The van der Waals surface area contributed by atoms with Crippen LogP contribution in [0.1, 0.15) is 21.5 Å². The molecule has 0 atom stereocenters. The lowest BCUT2D eigenvalue weighted by molar-refractivity contribution is -0.138. The molecule has 0 saturated carbocycles. The van der Waals surface area contributed by atoms with Crippen molar-refractivity contribution in [1.29, 1.82) is 0 Å². The Morgan fingerprint density at radius 2 is 1.88 bits per heavy atom. The van der Waals surface area contributed by atoms with Gasteiger partial charge in [-0.15, -0.1) is 0 Å². The summed E-state index contributed by atoms with van der Waals surface area (Å²) < 4.78 is 55.8. The lowest BCUT2D eigenvalue weighted by atomic mass is 10.1. The third kappa shape index (κ3) is 4.14. The third-order valence-corrected chi connectivity index (χ3v) is 5.12. The van der Waals surface area contributed by atoms with E-state index in [0.717, 1.165) is 6.07 Å². The summed E-state index contributed by atoms with van der Waals surface area (Å²) in [6.45, 7) is -0.168. The summed E-state index contributed by atoms with van der Waals surface area (Å²) in [6.07, 6.45) is -4.47. The van der Waals surface area contributed by atoms with Gasteiger partial charge in [-0.2, -0.15) is 18.3 Å². The second kappa shape index (κ2) is 8.05. The van der Waals surface area contributed by atoms with E-state index in [-0.39, 0.29) is 24.8 Å². The van der Waals surface area contributed by atoms with Gasteiger partial charge in [-0.1, -0.05) is 18.2 Å². The zero-order valence-corrected chi connectivity index (χ0v) is 16.9. The van der Waals surface area contributed by atoms with Crippen molar-refractivity contribution < 1.29 is 32.2 Å². The van der Waals surface area contributed by atoms with Crippen molar-refractivity contribution >= 4 is 22.6 Å². The molecule has 7 nitrogen and oxygen atoms in total. The van der Waals surface area contributed by atoms with E-state index in [1.54, 1.807) is 36.4 Å². The van der Waals surface area contributed by atoms with Crippen molar-refractivity contribution in [2.75, 3.05) is 12.1 Å². The molecule has 1 aliphatic rings. The van der Waals surface area contributed by atoms with E-state index >= 15 is 0 Å². The van der Waals surface area contributed by atoms with E-state index in [1.165, 1.54) is 18.2 Å². The first-order valence-electron chi connectivity index (χ1n) is 9.85. The number of aromatic nitrogens is 2. The zero-order chi connectivity index (χ0) is 23.0. The maximum absolute atomic E-state index is 13.2. The maximum atomic E-state index is 13.2. The number of aromatic amines is 1. The lowest BCUT2D eigenvalue weighted by Crippen LogP contribution is -2.12. The van der Waals surface area contributed by atoms with Crippen LogP contribution in [0, 0.1) is 0 Å². The largest absolute Gasteiger partial charge is 0.489 e. The highest BCUT2D eigenvalue weighted by Gasteiger charge is 2.33. The number of benzene rings is 3. The topological polar surface area (TPSA) is 85.5 Å². The molecule has 0 bridgehead atoms. The predicted octanol–water partition coefficient (Wildman–Crippen LogP) is 5.14. The molecule has 0 unspecified atom stereocenters. The summed E-state index contributed by atoms with van der Waals surface area (Å²) in [4.78, 5) is 12.7. The molecule has 0 saturated heterocycles. The number of hydrogen-bond acceptors (Lipinski definition) is 5. The minimum atomic E-state index is -4.47. The van der Waals surface area contributed by atoms with E-state index < -0.39 is 17.6 Å². The lowest BCUT2D eigenvalue weighted by Gasteiger charge is -2.13. The Hall–Kier alpha value is -4.21. The highest BCUT2D eigenvalue weighted by Crippen LogP contribution is 2.34. The van der Waals surface area contributed by atoms with Gasteiger partial charge in [-0.05, 0) is 42.5 Å². The molecule has 0 radical (unpaired) electrons. The van der Waals surface area contributed by atoms with Crippen LogP contribution in [0.4, 0.5) is 19.0 Å². The van der Waals surface area contributed by atoms with Gasteiger partial charge in [0.1, 0.15) is 12.4 Å². The number of hydrogen-bond donors (Lipinski definition) is 2. The van der Waals surface area contributed by atoms with Gasteiger partial charge in [0.2, 0.25) is 6.79 Å². The SMILES string of the molecule is O=C(Nc1n[nH]c2ccc(OCc3ccccc3C(F)(F)F)cc12)c1ccc2c(c1)OCO2. The Morgan fingerprint density at radius 1 is 1.06 bits per heavy atom. The smallest absolute Gasteiger partial charge is 0.416 e. The summed E-state index contributed by atoms with van der Waals surface area (Å²) >= 11 is 0. The number of alkyl halides is 3. The van der Waals surface area contributed by atoms with Crippen LogP contribution in [0.5, 0.6) is 17.2 Å². The zero-order valence-electron chi connectivity index (χ0n) is 16.9. The number of nitrogens with zero attached hydrogens (tertiary/aromatic N) is 1. The van der Waals surface area contributed by atoms with Crippen molar-refractivity contribution in [2.45, 2.75) is 12.8 Å². The van der Waals surface area contributed by atoms with Crippen molar-refractivity contribution in [3.63, 3.8) is 0 Å². The van der Waals surface area contributed by atoms with Gasteiger partial charge in [-0.25, -0.2) is 0 Å². The Balaban J connectivity index is 1.35. The monoisotopic (exact) mass is 455 g/mol. The molecule has 33 heavy (non-hydrogen) atoms. The third-order valence-electron chi connectivity index (χ3n) is 5.12.